The Bertz CT molecular complexity index is 259. The highest BCUT2D eigenvalue weighted by molar-refractivity contribution is 6.32. The van der Waals surface area contributed by atoms with E-state index in [1.165, 1.54) is 32.1 Å². The highest BCUT2D eigenvalue weighted by atomic mass is 28.2. The van der Waals surface area contributed by atoms with Crippen molar-refractivity contribution < 1.29 is 4.43 Å². The maximum Gasteiger partial charge on any atom is 0.236 e. The van der Waals surface area contributed by atoms with E-state index in [4.69, 9.17) is 4.43 Å². The molecule has 0 N–H and O–H groups in total. The Morgan fingerprint density at radius 3 is 2.00 bits per heavy atom. The fourth-order valence-corrected chi connectivity index (χ4v) is 5.35. The number of rotatable bonds is 4. The molecule has 0 amide bonds. The van der Waals surface area contributed by atoms with Crippen LogP contribution in [-0.2, 0) is 4.43 Å². The average molecular weight is 250 g/mol. The normalized spacial score (nSPS) is 44.3. The van der Waals surface area contributed by atoms with Crippen molar-refractivity contribution in [2.24, 2.45) is 23.7 Å². The van der Waals surface area contributed by atoms with Crippen LogP contribution in [0.2, 0.25) is 5.04 Å². The summed E-state index contributed by atoms with van der Waals surface area (Å²) in [5.41, 5.74) is 0. The highest BCUT2D eigenvalue weighted by Gasteiger charge is 2.48. The lowest BCUT2D eigenvalue weighted by atomic mass is 9.55. The lowest BCUT2D eigenvalue weighted by Gasteiger charge is -2.54. The van der Waals surface area contributed by atoms with Crippen molar-refractivity contribution >= 4 is 9.76 Å². The highest BCUT2D eigenvalue weighted by Crippen LogP contribution is 2.54. The van der Waals surface area contributed by atoms with Gasteiger partial charge in [-0.1, -0.05) is 27.2 Å². The van der Waals surface area contributed by atoms with E-state index in [1.54, 1.807) is 6.42 Å². The van der Waals surface area contributed by atoms with Gasteiger partial charge in [0.2, 0.25) is 9.76 Å². The fourth-order valence-electron chi connectivity index (χ4n) is 4.37. The summed E-state index contributed by atoms with van der Waals surface area (Å²) < 4.78 is 6.40. The van der Waals surface area contributed by atoms with Crippen molar-refractivity contribution in [1.29, 1.82) is 0 Å². The minimum atomic E-state index is 0.397. The van der Waals surface area contributed by atoms with Gasteiger partial charge in [-0.05, 0) is 60.8 Å². The molecule has 2 heteroatoms. The third-order valence-corrected chi connectivity index (χ3v) is 6.79. The molecule has 0 heterocycles. The molecule has 17 heavy (non-hydrogen) atoms. The van der Waals surface area contributed by atoms with Crippen LogP contribution in [-0.4, -0.2) is 15.9 Å². The molecule has 4 bridgehead atoms. The maximum atomic E-state index is 6.40. The molecule has 4 aliphatic rings. The molecular formula is C15H26OSi. The molecule has 0 unspecified atom stereocenters. The van der Waals surface area contributed by atoms with E-state index < -0.39 is 0 Å². The monoisotopic (exact) mass is 250 g/mol. The summed E-state index contributed by atoms with van der Waals surface area (Å²) in [4.78, 5) is 0. The molecule has 0 atom stereocenters. The first kappa shape index (κ1) is 12.2. The van der Waals surface area contributed by atoms with E-state index in [1.807, 2.05) is 0 Å². The summed E-state index contributed by atoms with van der Waals surface area (Å²) in [5.74, 6) is 3.98. The van der Waals surface area contributed by atoms with Gasteiger partial charge in [-0.2, -0.15) is 0 Å². The van der Waals surface area contributed by atoms with Gasteiger partial charge >= 0.3 is 0 Å². The predicted molar refractivity (Wildman–Crippen MR) is 72.0 cm³/mol. The van der Waals surface area contributed by atoms with Crippen LogP contribution in [0.15, 0.2) is 0 Å². The van der Waals surface area contributed by atoms with Crippen molar-refractivity contribution in [2.45, 2.75) is 70.4 Å². The Kier molecular flexibility index (Phi) is 3.15. The Morgan fingerprint density at radius 1 is 1.00 bits per heavy atom. The fraction of sp³-hybridized carbons (Fsp3) is 1.00. The smallest absolute Gasteiger partial charge is 0.236 e. The molecule has 4 aliphatic carbocycles. The van der Waals surface area contributed by atoms with Gasteiger partial charge in [0.25, 0.3) is 0 Å². The molecule has 0 aliphatic heterocycles. The van der Waals surface area contributed by atoms with Gasteiger partial charge in [-0.3, -0.25) is 0 Å². The summed E-state index contributed by atoms with van der Waals surface area (Å²) >= 11 is 0. The first-order valence-electron chi connectivity index (χ1n) is 7.50. The lowest BCUT2D eigenvalue weighted by Crippen LogP contribution is -2.50. The second kappa shape index (κ2) is 4.38. The molecule has 96 valence electrons. The molecule has 0 saturated heterocycles. The molecule has 4 fully saturated rings. The SMILES string of the molecule is CCC(C)(C)[Si]OC1C2CC3CC(C2)CC1C3. The van der Waals surface area contributed by atoms with E-state index in [0.717, 1.165) is 23.7 Å². The maximum absolute atomic E-state index is 6.40. The summed E-state index contributed by atoms with van der Waals surface area (Å²) in [6, 6.07) is 0. The second-order valence-electron chi connectivity index (χ2n) is 7.35. The van der Waals surface area contributed by atoms with Crippen molar-refractivity contribution in [2.75, 3.05) is 0 Å². The summed E-state index contributed by atoms with van der Waals surface area (Å²) in [6.45, 7) is 6.98. The van der Waals surface area contributed by atoms with Gasteiger partial charge in [0, 0.05) is 0 Å². The Hall–Kier alpha value is 0.177. The molecule has 0 spiro atoms. The van der Waals surface area contributed by atoms with Crippen molar-refractivity contribution in [1.82, 2.24) is 0 Å². The van der Waals surface area contributed by atoms with Gasteiger partial charge in [-0.15, -0.1) is 0 Å². The van der Waals surface area contributed by atoms with E-state index in [9.17, 15) is 0 Å². The van der Waals surface area contributed by atoms with Crippen LogP contribution in [0.25, 0.3) is 0 Å². The van der Waals surface area contributed by atoms with Crippen LogP contribution in [0.1, 0.15) is 59.3 Å². The van der Waals surface area contributed by atoms with Crippen LogP contribution >= 0.6 is 0 Å². The predicted octanol–water partition coefficient (Wildman–Crippen LogP) is 4.06. The van der Waals surface area contributed by atoms with Crippen LogP contribution in [0.3, 0.4) is 0 Å². The molecule has 0 aromatic carbocycles. The Morgan fingerprint density at radius 2 is 1.53 bits per heavy atom. The van der Waals surface area contributed by atoms with E-state index in [0.29, 0.717) is 20.9 Å². The van der Waals surface area contributed by atoms with E-state index in [2.05, 4.69) is 20.8 Å². The summed E-state index contributed by atoms with van der Waals surface area (Å²) in [7, 11) is 0.706. The lowest BCUT2D eigenvalue weighted by molar-refractivity contribution is -0.0798. The van der Waals surface area contributed by atoms with E-state index in [-0.39, 0.29) is 0 Å². The Labute approximate surface area is 109 Å². The first-order valence-corrected chi connectivity index (χ1v) is 8.41. The number of hydrogen-bond acceptors (Lipinski definition) is 1. The molecule has 4 rings (SSSR count). The van der Waals surface area contributed by atoms with Gasteiger partial charge in [0.1, 0.15) is 0 Å². The van der Waals surface area contributed by atoms with Crippen molar-refractivity contribution in [3.8, 4) is 0 Å². The van der Waals surface area contributed by atoms with Gasteiger partial charge in [0.15, 0.2) is 0 Å². The zero-order chi connectivity index (χ0) is 12.0. The Balaban J connectivity index is 1.61. The largest absolute Gasteiger partial charge is 0.413 e. The van der Waals surface area contributed by atoms with Gasteiger partial charge < -0.3 is 4.43 Å². The molecule has 0 aromatic rings. The molecule has 2 radical (unpaired) electrons. The van der Waals surface area contributed by atoms with Gasteiger partial charge in [-0.25, -0.2) is 0 Å². The van der Waals surface area contributed by atoms with Crippen LogP contribution in [0.4, 0.5) is 0 Å². The average Bonchev–Trinajstić information content (AvgIpc) is 2.27. The molecule has 1 nitrogen and oxygen atoms in total. The number of hydrogen-bond donors (Lipinski definition) is 0. The van der Waals surface area contributed by atoms with Crippen LogP contribution in [0, 0.1) is 23.7 Å². The van der Waals surface area contributed by atoms with Gasteiger partial charge in [0.05, 0.1) is 6.10 Å². The summed E-state index contributed by atoms with van der Waals surface area (Å²) in [6.07, 6.45) is 9.33. The van der Waals surface area contributed by atoms with Crippen LogP contribution in [0.5, 0.6) is 0 Å². The third-order valence-electron chi connectivity index (χ3n) is 5.50. The van der Waals surface area contributed by atoms with Crippen LogP contribution < -0.4 is 0 Å². The topological polar surface area (TPSA) is 9.23 Å². The molecule has 0 aromatic heterocycles. The minimum Gasteiger partial charge on any atom is -0.413 e. The zero-order valence-electron chi connectivity index (χ0n) is 11.5. The summed E-state index contributed by atoms with van der Waals surface area (Å²) in [5, 5.41) is 0.397. The molecular weight excluding hydrogens is 224 g/mol. The third kappa shape index (κ3) is 2.35. The van der Waals surface area contributed by atoms with Crippen molar-refractivity contribution in [3.05, 3.63) is 0 Å². The zero-order valence-corrected chi connectivity index (χ0v) is 12.5. The minimum absolute atomic E-state index is 0.397. The van der Waals surface area contributed by atoms with Crippen molar-refractivity contribution in [3.63, 3.8) is 0 Å². The van der Waals surface area contributed by atoms with E-state index >= 15 is 0 Å². The standard InChI is InChI=1S/C15H26OSi/c1-4-15(2,3)17-16-14-12-6-10-5-11(8-12)9-13(14)7-10/h10-14H,4-9H2,1-3H3. The quantitative estimate of drug-likeness (QED) is 0.684. The second-order valence-corrected chi connectivity index (χ2v) is 9.15. The molecule has 4 saturated carbocycles. The first-order chi connectivity index (χ1) is 8.07.